The molecule has 5 aromatic rings. The van der Waals surface area contributed by atoms with E-state index in [2.05, 4.69) is 15.3 Å². The molecule has 0 bridgehead atoms. The van der Waals surface area contributed by atoms with Gasteiger partial charge in [0, 0.05) is 54.1 Å². The summed E-state index contributed by atoms with van der Waals surface area (Å²) >= 11 is 1.37. The number of nitrogens with zero attached hydrogens (tertiary/aromatic N) is 3. The molecule has 9 nitrogen and oxygen atoms in total. The number of nitrogens with two attached hydrogens (primary N) is 1. The van der Waals surface area contributed by atoms with Gasteiger partial charge in [-0.15, -0.1) is 11.3 Å². The molecule has 0 aliphatic carbocycles. The third-order valence-electron chi connectivity index (χ3n) is 5.96. The van der Waals surface area contributed by atoms with Crippen LogP contribution in [-0.2, 0) is 11.3 Å². The fourth-order valence-electron chi connectivity index (χ4n) is 4.02. The van der Waals surface area contributed by atoms with Gasteiger partial charge in [0.05, 0.1) is 15.9 Å². The predicted molar refractivity (Wildman–Crippen MR) is 145 cm³/mol. The van der Waals surface area contributed by atoms with Crippen molar-refractivity contribution in [3.63, 3.8) is 0 Å². The zero-order chi connectivity index (χ0) is 25.9. The van der Waals surface area contributed by atoms with Crippen LogP contribution in [-0.4, -0.2) is 39.3 Å². The lowest BCUT2D eigenvalue weighted by molar-refractivity contribution is -0.118. The fraction of sp³-hybridized carbons (Fsp3) is 0.111. The number of anilines is 2. The van der Waals surface area contributed by atoms with Crippen LogP contribution in [0.1, 0.15) is 26.5 Å². The average molecular weight is 513 g/mol. The van der Waals surface area contributed by atoms with Crippen molar-refractivity contribution in [1.82, 2.24) is 14.5 Å². The largest absolute Gasteiger partial charge is 0.370 e. The van der Waals surface area contributed by atoms with E-state index in [-0.39, 0.29) is 24.8 Å². The SMILES string of the molecule is CN(C(=O)c1ccccc1)c1ccc2c(c1)nc(NC(=O)c1ccc(-c3cc[nH]c3)s1)n2CCC(N)=O. The van der Waals surface area contributed by atoms with Crippen LogP contribution in [0.15, 0.2) is 79.1 Å². The molecule has 3 aromatic heterocycles. The van der Waals surface area contributed by atoms with E-state index in [9.17, 15) is 14.4 Å². The molecule has 2 aromatic carbocycles. The van der Waals surface area contributed by atoms with Crippen molar-refractivity contribution in [3.05, 3.63) is 89.6 Å². The summed E-state index contributed by atoms with van der Waals surface area (Å²) in [6, 6.07) is 20.0. The van der Waals surface area contributed by atoms with E-state index in [0.717, 1.165) is 10.4 Å². The van der Waals surface area contributed by atoms with Gasteiger partial charge < -0.3 is 20.2 Å². The van der Waals surface area contributed by atoms with Gasteiger partial charge >= 0.3 is 0 Å². The Morgan fingerprint density at radius 3 is 2.62 bits per heavy atom. The number of H-pyrrole nitrogens is 1. The lowest BCUT2D eigenvalue weighted by Crippen LogP contribution is -2.26. The monoisotopic (exact) mass is 512 g/mol. The number of imidazole rings is 1. The molecule has 0 aliphatic rings. The molecular weight excluding hydrogens is 488 g/mol. The summed E-state index contributed by atoms with van der Waals surface area (Å²) in [5, 5.41) is 2.88. The maximum atomic E-state index is 13.1. The minimum atomic E-state index is -0.460. The fourth-order valence-corrected chi connectivity index (χ4v) is 4.92. The Balaban J connectivity index is 1.45. The predicted octanol–water partition coefficient (Wildman–Crippen LogP) is 4.50. The molecule has 10 heteroatoms. The molecule has 0 aliphatic heterocycles. The highest BCUT2D eigenvalue weighted by Crippen LogP contribution is 2.30. The maximum absolute atomic E-state index is 13.1. The number of thiophene rings is 1. The van der Waals surface area contributed by atoms with Gasteiger partial charge in [-0.2, -0.15) is 0 Å². The zero-order valence-electron chi connectivity index (χ0n) is 20.0. The van der Waals surface area contributed by atoms with Crippen LogP contribution >= 0.6 is 11.3 Å². The highest BCUT2D eigenvalue weighted by Gasteiger charge is 2.19. The second kappa shape index (κ2) is 10.1. The average Bonchev–Trinajstić information content (AvgIpc) is 3.66. The van der Waals surface area contributed by atoms with Crippen molar-refractivity contribution in [2.24, 2.45) is 5.73 Å². The van der Waals surface area contributed by atoms with E-state index in [1.165, 1.54) is 11.3 Å². The topological polar surface area (TPSA) is 126 Å². The minimum absolute atomic E-state index is 0.0825. The van der Waals surface area contributed by atoms with E-state index in [1.54, 1.807) is 46.8 Å². The summed E-state index contributed by atoms with van der Waals surface area (Å²) in [7, 11) is 1.70. The normalized spacial score (nSPS) is 10.9. The van der Waals surface area contributed by atoms with Crippen molar-refractivity contribution < 1.29 is 14.4 Å². The molecule has 5 rings (SSSR count). The zero-order valence-corrected chi connectivity index (χ0v) is 20.8. The van der Waals surface area contributed by atoms with Crippen LogP contribution in [0.25, 0.3) is 21.5 Å². The first-order valence-corrected chi connectivity index (χ1v) is 12.4. The summed E-state index contributed by atoms with van der Waals surface area (Å²) in [5.74, 6) is -0.623. The second-order valence-corrected chi connectivity index (χ2v) is 9.51. The van der Waals surface area contributed by atoms with Gasteiger partial charge in [-0.3, -0.25) is 19.7 Å². The molecule has 0 spiro atoms. The number of hydrogen-bond donors (Lipinski definition) is 3. The maximum Gasteiger partial charge on any atom is 0.268 e. The molecule has 0 fully saturated rings. The van der Waals surface area contributed by atoms with Gasteiger partial charge in [0.2, 0.25) is 11.9 Å². The van der Waals surface area contributed by atoms with E-state index < -0.39 is 5.91 Å². The van der Waals surface area contributed by atoms with Crippen LogP contribution in [0.2, 0.25) is 0 Å². The van der Waals surface area contributed by atoms with Gasteiger partial charge in [-0.25, -0.2) is 4.98 Å². The molecule has 37 heavy (non-hydrogen) atoms. The number of hydrogen-bond acceptors (Lipinski definition) is 5. The number of fused-ring (bicyclic) bond motifs is 1. The van der Waals surface area contributed by atoms with Gasteiger partial charge in [-0.1, -0.05) is 18.2 Å². The highest BCUT2D eigenvalue weighted by molar-refractivity contribution is 7.17. The number of aromatic amines is 1. The van der Waals surface area contributed by atoms with E-state index in [4.69, 9.17) is 5.73 Å². The highest BCUT2D eigenvalue weighted by atomic mass is 32.1. The molecule has 4 N–H and O–H groups in total. The molecule has 0 radical (unpaired) electrons. The van der Waals surface area contributed by atoms with Gasteiger partial charge in [0.15, 0.2) is 0 Å². The molecular formula is C27H24N6O3S. The van der Waals surface area contributed by atoms with Crippen molar-refractivity contribution in [3.8, 4) is 10.4 Å². The Kier molecular flexibility index (Phi) is 6.57. The number of aryl methyl sites for hydroxylation is 1. The Labute approximate surface area is 216 Å². The van der Waals surface area contributed by atoms with Gasteiger partial charge in [-0.05, 0) is 48.5 Å². The molecule has 0 unspecified atom stereocenters. The summed E-state index contributed by atoms with van der Waals surface area (Å²) in [6.07, 6.45) is 3.78. The van der Waals surface area contributed by atoms with Crippen LogP contribution in [0.4, 0.5) is 11.6 Å². The number of rotatable bonds is 8. The third-order valence-corrected chi connectivity index (χ3v) is 7.10. The van der Waals surface area contributed by atoms with Crippen molar-refractivity contribution in [2.75, 3.05) is 17.3 Å². The molecule has 3 heterocycles. The van der Waals surface area contributed by atoms with Crippen LogP contribution in [0.3, 0.4) is 0 Å². The first-order chi connectivity index (χ1) is 17.9. The Morgan fingerprint density at radius 2 is 1.89 bits per heavy atom. The summed E-state index contributed by atoms with van der Waals surface area (Å²) in [5.41, 5.74) is 8.89. The van der Waals surface area contributed by atoms with E-state index >= 15 is 0 Å². The van der Waals surface area contributed by atoms with Gasteiger partial charge in [0.25, 0.3) is 11.8 Å². The lowest BCUT2D eigenvalue weighted by Gasteiger charge is -2.17. The number of aromatic nitrogens is 3. The Hall–Kier alpha value is -4.70. The molecule has 0 saturated heterocycles. The smallest absolute Gasteiger partial charge is 0.268 e. The van der Waals surface area contributed by atoms with Crippen molar-refractivity contribution in [1.29, 1.82) is 0 Å². The first-order valence-electron chi connectivity index (χ1n) is 11.6. The standard InChI is InChI=1S/C27H24N6O3S/c1-32(26(36)17-5-3-2-4-6-17)19-7-8-21-20(15-19)30-27(33(21)14-12-24(28)34)31-25(35)23-10-9-22(37-23)18-11-13-29-16-18/h2-11,13,15-16,29H,12,14H2,1H3,(H2,28,34)(H,30,31,35). The third kappa shape index (κ3) is 5.00. The van der Waals surface area contributed by atoms with Crippen LogP contribution in [0.5, 0.6) is 0 Å². The molecule has 186 valence electrons. The summed E-state index contributed by atoms with van der Waals surface area (Å²) < 4.78 is 1.75. The second-order valence-electron chi connectivity index (χ2n) is 8.42. The minimum Gasteiger partial charge on any atom is -0.370 e. The molecule has 0 saturated carbocycles. The number of amides is 3. The molecule has 3 amide bonds. The number of nitrogens with one attached hydrogen (secondary N) is 2. The summed E-state index contributed by atoms with van der Waals surface area (Å²) in [6.45, 7) is 0.249. The van der Waals surface area contributed by atoms with Crippen molar-refractivity contribution in [2.45, 2.75) is 13.0 Å². The Morgan fingerprint density at radius 1 is 1.08 bits per heavy atom. The first kappa shape index (κ1) is 24.0. The number of benzene rings is 2. The number of carbonyl (C=O) groups is 3. The van der Waals surface area contributed by atoms with E-state index in [0.29, 0.717) is 33.1 Å². The van der Waals surface area contributed by atoms with Gasteiger partial charge in [0.1, 0.15) is 0 Å². The quantitative estimate of drug-likeness (QED) is 0.283. The molecule has 0 atom stereocenters. The summed E-state index contributed by atoms with van der Waals surface area (Å²) in [4.78, 5) is 48.2. The lowest BCUT2D eigenvalue weighted by atomic mass is 10.2. The van der Waals surface area contributed by atoms with E-state index in [1.807, 2.05) is 48.8 Å². The number of carbonyl (C=O) groups excluding carboxylic acids is 3. The van der Waals surface area contributed by atoms with Crippen LogP contribution in [0, 0.1) is 0 Å². The number of primary amides is 1. The van der Waals surface area contributed by atoms with Crippen molar-refractivity contribution >= 4 is 51.7 Å². The van der Waals surface area contributed by atoms with Crippen LogP contribution < -0.4 is 16.0 Å². The Bertz CT molecular complexity index is 1590.